The molecule has 0 fully saturated rings. The van der Waals surface area contributed by atoms with Gasteiger partial charge in [0.25, 0.3) is 10.0 Å². The molecule has 0 aliphatic carbocycles. The van der Waals surface area contributed by atoms with Crippen molar-refractivity contribution in [3.05, 3.63) is 46.4 Å². The molecule has 0 atom stereocenters. The molecule has 2 aromatic rings. The predicted molar refractivity (Wildman–Crippen MR) is 72.2 cm³/mol. The molecule has 102 valence electrons. The molecule has 0 bridgehead atoms. The van der Waals surface area contributed by atoms with Crippen LogP contribution < -0.4 is 4.31 Å². The van der Waals surface area contributed by atoms with E-state index in [1.165, 1.54) is 31.3 Å². The lowest BCUT2D eigenvalue weighted by Gasteiger charge is -2.19. The summed E-state index contributed by atoms with van der Waals surface area (Å²) in [7, 11) is -2.44. The Morgan fingerprint density at radius 2 is 2.11 bits per heavy atom. The maximum atomic E-state index is 13.1. The normalized spacial score (nSPS) is 11.5. The van der Waals surface area contributed by atoms with E-state index < -0.39 is 15.8 Å². The number of rotatable bonds is 4. The van der Waals surface area contributed by atoms with Gasteiger partial charge < -0.3 is 5.11 Å². The molecule has 0 saturated heterocycles. The number of aliphatic hydroxyl groups is 1. The number of anilines is 1. The van der Waals surface area contributed by atoms with Crippen molar-refractivity contribution in [2.45, 2.75) is 11.5 Å². The van der Waals surface area contributed by atoms with Crippen molar-refractivity contribution in [3.63, 3.8) is 0 Å². The van der Waals surface area contributed by atoms with Gasteiger partial charge in [-0.15, -0.1) is 11.3 Å². The van der Waals surface area contributed by atoms with Crippen molar-refractivity contribution in [2.75, 3.05) is 11.4 Å². The van der Waals surface area contributed by atoms with Crippen molar-refractivity contribution in [1.29, 1.82) is 0 Å². The van der Waals surface area contributed by atoms with Gasteiger partial charge in [-0.1, -0.05) is 6.07 Å². The highest BCUT2D eigenvalue weighted by Gasteiger charge is 2.25. The summed E-state index contributed by atoms with van der Waals surface area (Å²) in [5.74, 6) is -0.507. The van der Waals surface area contributed by atoms with Crippen LogP contribution in [0.2, 0.25) is 0 Å². The Morgan fingerprint density at radius 3 is 2.74 bits per heavy atom. The molecule has 1 aromatic carbocycles. The molecular formula is C12H12FNO3S2. The number of halogens is 1. The van der Waals surface area contributed by atoms with E-state index in [0.29, 0.717) is 4.88 Å². The highest BCUT2D eigenvalue weighted by atomic mass is 32.2. The van der Waals surface area contributed by atoms with E-state index in [9.17, 15) is 12.8 Å². The summed E-state index contributed by atoms with van der Waals surface area (Å²) in [6, 6.07) is 6.76. The zero-order chi connectivity index (χ0) is 14.0. The summed E-state index contributed by atoms with van der Waals surface area (Å²) >= 11 is 1.16. The first-order valence-corrected chi connectivity index (χ1v) is 7.70. The Balaban J connectivity index is 2.45. The largest absolute Gasteiger partial charge is 0.391 e. The Labute approximate surface area is 114 Å². The molecule has 4 nitrogen and oxygen atoms in total. The molecule has 1 heterocycles. The smallest absolute Gasteiger partial charge is 0.265 e. The first kappa shape index (κ1) is 14.0. The Morgan fingerprint density at radius 1 is 1.37 bits per heavy atom. The van der Waals surface area contributed by atoms with E-state index in [1.807, 2.05) is 0 Å². The van der Waals surface area contributed by atoms with Gasteiger partial charge in [-0.05, 0) is 29.6 Å². The fourth-order valence-corrected chi connectivity index (χ4v) is 4.08. The second-order valence-corrected chi connectivity index (χ2v) is 6.76. The molecule has 7 heteroatoms. The lowest BCUT2D eigenvalue weighted by atomic mass is 10.3. The van der Waals surface area contributed by atoms with Gasteiger partial charge in [0.1, 0.15) is 10.7 Å². The predicted octanol–water partition coefficient (Wildman–Crippen LogP) is 2.20. The van der Waals surface area contributed by atoms with Crippen LogP contribution in [-0.4, -0.2) is 20.6 Å². The lowest BCUT2D eigenvalue weighted by molar-refractivity contribution is 0.282. The van der Waals surface area contributed by atoms with Gasteiger partial charge in [-0.25, -0.2) is 12.8 Å². The number of aliphatic hydroxyl groups excluding tert-OH is 1. The van der Waals surface area contributed by atoms with E-state index in [0.717, 1.165) is 21.7 Å². The van der Waals surface area contributed by atoms with Crippen LogP contribution in [0.15, 0.2) is 40.6 Å². The van der Waals surface area contributed by atoms with Gasteiger partial charge in [0.15, 0.2) is 0 Å². The van der Waals surface area contributed by atoms with Crippen LogP contribution in [0.5, 0.6) is 0 Å². The molecule has 0 unspecified atom stereocenters. The molecule has 0 radical (unpaired) electrons. The van der Waals surface area contributed by atoms with E-state index in [1.54, 1.807) is 5.38 Å². The van der Waals surface area contributed by atoms with Crippen molar-refractivity contribution < 1.29 is 17.9 Å². The molecule has 0 saturated carbocycles. The molecule has 2 rings (SSSR count). The minimum atomic E-state index is -3.79. The summed E-state index contributed by atoms with van der Waals surface area (Å²) in [5.41, 5.74) is 0.232. The minimum Gasteiger partial charge on any atom is -0.391 e. The van der Waals surface area contributed by atoms with Crippen LogP contribution in [0, 0.1) is 5.82 Å². The summed E-state index contributed by atoms with van der Waals surface area (Å²) in [6.45, 7) is -0.344. The van der Waals surface area contributed by atoms with E-state index in [2.05, 4.69) is 0 Å². The Hall–Kier alpha value is -1.44. The van der Waals surface area contributed by atoms with Crippen LogP contribution >= 0.6 is 11.3 Å². The van der Waals surface area contributed by atoms with E-state index in [-0.39, 0.29) is 17.2 Å². The molecule has 0 aliphatic heterocycles. The highest BCUT2D eigenvalue weighted by molar-refractivity contribution is 7.93. The molecule has 0 spiro atoms. The van der Waals surface area contributed by atoms with Crippen molar-refractivity contribution >= 4 is 27.0 Å². The van der Waals surface area contributed by atoms with Gasteiger partial charge >= 0.3 is 0 Å². The van der Waals surface area contributed by atoms with Gasteiger partial charge in [-0.2, -0.15) is 0 Å². The van der Waals surface area contributed by atoms with Gasteiger partial charge in [-0.3, -0.25) is 4.31 Å². The van der Waals surface area contributed by atoms with Crippen LogP contribution in [-0.2, 0) is 16.6 Å². The monoisotopic (exact) mass is 301 g/mol. The topological polar surface area (TPSA) is 57.6 Å². The van der Waals surface area contributed by atoms with Crippen LogP contribution in [0.1, 0.15) is 4.88 Å². The number of hydrogen-bond donors (Lipinski definition) is 1. The average Bonchev–Trinajstić information content (AvgIpc) is 2.86. The van der Waals surface area contributed by atoms with Gasteiger partial charge in [0.2, 0.25) is 0 Å². The quantitative estimate of drug-likeness (QED) is 0.942. The second kappa shape index (κ2) is 5.28. The zero-order valence-corrected chi connectivity index (χ0v) is 11.7. The number of hydrogen-bond acceptors (Lipinski definition) is 4. The second-order valence-electron chi connectivity index (χ2n) is 3.82. The van der Waals surface area contributed by atoms with E-state index >= 15 is 0 Å². The van der Waals surface area contributed by atoms with Crippen LogP contribution in [0.3, 0.4) is 0 Å². The third-order valence-corrected chi connectivity index (χ3v) is 5.56. The maximum Gasteiger partial charge on any atom is 0.265 e. The fourth-order valence-electron chi connectivity index (χ4n) is 1.63. The van der Waals surface area contributed by atoms with Gasteiger partial charge in [0, 0.05) is 7.05 Å². The highest BCUT2D eigenvalue weighted by Crippen LogP contribution is 2.27. The zero-order valence-electron chi connectivity index (χ0n) is 10.1. The molecule has 0 amide bonds. The third-order valence-electron chi connectivity index (χ3n) is 2.66. The summed E-state index contributed by atoms with van der Waals surface area (Å²) in [4.78, 5) is 0.412. The van der Waals surface area contributed by atoms with Crippen LogP contribution in [0.25, 0.3) is 0 Å². The molecular weight excluding hydrogens is 289 g/mol. The van der Waals surface area contributed by atoms with Crippen molar-refractivity contribution in [2.24, 2.45) is 0 Å². The number of nitrogens with zero attached hydrogens (tertiary/aromatic N) is 1. The standard InChI is InChI=1S/C12H12FNO3S2/c1-14(10-4-2-3-9(13)7-10)19(16,17)12-5-6-18-11(12)8-15/h2-7,15H,8H2,1H3. The fraction of sp³-hybridized carbons (Fsp3) is 0.167. The Bertz CT molecular complexity index is 682. The summed E-state index contributed by atoms with van der Waals surface area (Å²) in [5, 5.41) is 10.7. The number of thiophene rings is 1. The number of sulfonamides is 1. The summed E-state index contributed by atoms with van der Waals surface area (Å²) in [6.07, 6.45) is 0. The minimum absolute atomic E-state index is 0.0479. The maximum absolute atomic E-state index is 13.1. The summed E-state index contributed by atoms with van der Waals surface area (Å²) < 4.78 is 38.9. The molecule has 1 aromatic heterocycles. The van der Waals surface area contributed by atoms with E-state index in [4.69, 9.17) is 5.11 Å². The first-order chi connectivity index (χ1) is 8.96. The molecule has 1 N–H and O–H groups in total. The van der Waals surface area contributed by atoms with Crippen molar-refractivity contribution in [3.8, 4) is 0 Å². The lowest BCUT2D eigenvalue weighted by Crippen LogP contribution is -2.27. The first-order valence-electron chi connectivity index (χ1n) is 5.38. The molecule has 0 aliphatic rings. The van der Waals surface area contributed by atoms with Crippen molar-refractivity contribution in [1.82, 2.24) is 0 Å². The Kier molecular flexibility index (Phi) is 3.88. The van der Waals surface area contributed by atoms with Gasteiger partial charge in [0.05, 0.1) is 17.2 Å². The number of benzene rings is 1. The molecule has 19 heavy (non-hydrogen) atoms. The SMILES string of the molecule is CN(c1cccc(F)c1)S(=O)(=O)c1ccsc1CO. The third kappa shape index (κ3) is 2.63. The van der Waals surface area contributed by atoms with Crippen LogP contribution in [0.4, 0.5) is 10.1 Å². The average molecular weight is 301 g/mol.